The number of nitro groups is 1. The van der Waals surface area contributed by atoms with Crippen molar-refractivity contribution in [3.05, 3.63) is 38.3 Å². The smallest absolute Gasteiger partial charge is 0.349 e. The van der Waals surface area contributed by atoms with E-state index < -0.39 is 29.5 Å². The number of nitrogens with zero attached hydrogens (tertiary/aromatic N) is 1. The standard InChI is InChI=1S/C11H10BrF3N2O3/c1-6(5-11(13,14)15)16-10(18)7-3-2-4-8(9(7)12)17(19)20/h2-4,6H,5H2,1H3,(H,16,18). The molecule has 1 unspecified atom stereocenters. The van der Waals surface area contributed by atoms with Gasteiger partial charge in [-0.25, -0.2) is 0 Å². The molecule has 0 heterocycles. The predicted octanol–water partition coefficient (Wildman–Crippen LogP) is 3.43. The topological polar surface area (TPSA) is 72.2 Å². The number of alkyl halides is 3. The summed E-state index contributed by atoms with van der Waals surface area (Å²) in [5.74, 6) is -0.808. The van der Waals surface area contributed by atoms with E-state index >= 15 is 0 Å². The summed E-state index contributed by atoms with van der Waals surface area (Å²) in [6.07, 6.45) is -5.57. The minimum atomic E-state index is -4.40. The van der Waals surface area contributed by atoms with Crippen LogP contribution in [-0.2, 0) is 0 Å². The van der Waals surface area contributed by atoms with E-state index in [0.717, 1.165) is 0 Å². The average Bonchev–Trinajstić information content (AvgIpc) is 2.25. The Hall–Kier alpha value is -1.64. The Bertz CT molecular complexity index is 534. The minimum absolute atomic E-state index is 0.0679. The van der Waals surface area contributed by atoms with Crippen LogP contribution in [0.4, 0.5) is 18.9 Å². The Morgan fingerprint density at radius 1 is 1.50 bits per heavy atom. The van der Waals surface area contributed by atoms with E-state index in [4.69, 9.17) is 0 Å². The lowest BCUT2D eigenvalue weighted by Gasteiger charge is -2.16. The average molecular weight is 355 g/mol. The first-order chi connectivity index (χ1) is 9.11. The van der Waals surface area contributed by atoms with E-state index in [1.807, 2.05) is 0 Å². The van der Waals surface area contributed by atoms with Gasteiger partial charge in [0.1, 0.15) is 4.47 Å². The molecule has 0 spiro atoms. The van der Waals surface area contributed by atoms with E-state index in [2.05, 4.69) is 21.2 Å². The number of benzene rings is 1. The molecule has 0 bridgehead atoms. The molecule has 0 aliphatic carbocycles. The lowest BCUT2D eigenvalue weighted by Crippen LogP contribution is -2.36. The van der Waals surface area contributed by atoms with Crippen molar-refractivity contribution >= 4 is 27.5 Å². The normalized spacial score (nSPS) is 12.8. The maximum absolute atomic E-state index is 12.2. The third kappa shape index (κ3) is 4.48. The van der Waals surface area contributed by atoms with Gasteiger partial charge in [0.25, 0.3) is 11.6 Å². The van der Waals surface area contributed by atoms with Crippen LogP contribution < -0.4 is 5.32 Å². The van der Waals surface area contributed by atoms with Crippen LogP contribution in [0.2, 0.25) is 0 Å². The van der Waals surface area contributed by atoms with E-state index in [1.165, 1.54) is 25.1 Å². The van der Waals surface area contributed by atoms with E-state index in [1.54, 1.807) is 0 Å². The Morgan fingerprint density at radius 3 is 2.60 bits per heavy atom. The Kier molecular flexibility index (Phi) is 5.09. The van der Waals surface area contributed by atoms with Gasteiger partial charge in [-0.2, -0.15) is 13.2 Å². The predicted molar refractivity (Wildman–Crippen MR) is 68.4 cm³/mol. The molecule has 1 amide bonds. The zero-order valence-electron chi connectivity index (χ0n) is 10.2. The van der Waals surface area contributed by atoms with Crippen LogP contribution in [0, 0.1) is 10.1 Å². The van der Waals surface area contributed by atoms with Crippen LogP contribution in [-0.4, -0.2) is 23.0 Å². The largest absolute Gasteiger partial charge is 0.391 e. The van der Waals surface area contributed by atoms with E-state index in [9.17, 15) is 28.1 Å². The number of rotatable bonds is 4. The molecule has 1 aromatic rings. The van der Waals surface area contributed by atoms with Crippen LogP contribution in [0.1, 0.15) is 23.7 Å². The number of carbonyl (C=O) groups is 1. The van der Waals surface area contributed by atoms with E-state index in [-0.39, 0.29) is 15.7 Å². The molecule has 0 saturated carbocycles. The molecule has 1 rings (SSSR count). The first-order valence-corrected chi connectivity index (χ1v) is 6.21. The summed E-state index contributed by atoms with van der Waals surface area (Å²) in [5, 5.41) is 12.8. The molecule has 9 heteroatoms. The third-order valence-electron chi connectivity index (χ3n) is 2.33. The first-order valence-electron chi connectivity index (χ1n) is 5.42. The second kappa shape index (κ2) is 6.21. The SMILES string of the molecule is CC(CC(F)(F)F)NC(=O)c1cccc([N+](=O)[O-])c1Br. The second-order valence-corrected chi connectivity index (χ2v) is 4.88. The van der Waals surface area contributed by atoms with Gasteiger partial charge >= 0.3 is 6.18 Å². The fourth-order valence-corrected chi connectivity index (χ4v) is 2.13. The molecule has 1 aromatic carbocycles. The van der Waals surface area contributed by atoms with Crippen molar-refractivity contribution in [1.82, 2.24) is 5.32 Å². The van der Waals surface area contributed by atoms with E-state index in [0.29, 0.717) is 0 Å². The molecule has 5 nitrogen and oxygen atoms in total. The second-order valence-electron chi connectivity index (χ2n) is 4.09. The lowest BCUT2D eigenvalue weighted by molar-refractivity contribution is -0.385. The van der Waals surface area contributed by atoms with Crippen LogP contribution in [0.15, 0.2) is 22.7 Å². The van der Waals surface area contributed by atoms with Gasteiger partial charge < -0.3 is 5.32 Å². The Balaban J connectivity index is 2.88. The number of carbonyl (C=O) groups excluding carboxylic acids is 1. The summed E-state index contributed by atoms with van der Waals surface area (Å²) in [4.78, 5) is 21.8. The molecule has 0 aromatic heterocycles. The van der Waals surface area contributed by atoms with Crippen LogP contribution in [0.5, 0.6) is 0 Å². The number of nitro benzene ring substituents is 1. The Labute approximate surface area is 120 Å². The van der Waals surface area contributed by atoms with Crippen molar-refractivity contribution in [3.63, 3.8) is 0 Å². The van der Waals surface area contributed by atoms with Gasteiger partial charge in [-0.05, 0) is 28.9 Å². The van der Waals surface area contributed by atoms with Crippen LogP contribution in [0.25, 0.3) is 0 Å². The number of amides is 1. The summed E-state index contributed by atoms with van der Waals surface area (Å²) in [5.41, 5.74) is -0.422. The maximum Gasteiger partial charge on any atom is 0.391 e. The molecule has 0 aliphatic heterocycles. The van der Waals surface area contributed by atoms with Gasteiger partial charge in [0.2, 0.25) is 0 Å². The summed E-state index contributed by atoms with van der Waals surface area (Å²) < 4.78 is 36.4. The molecule has 0 radical (unpaired) electrons. The van der Waals surface area contributed by atoms with Crippen molar-refractivity contribution in [3.8, 4) is 0 Å². The van der Waals surface area contributed by atoms with Gasteiger partial charge in [-0.15, -0.1) is 0 Å². The highest BCUT2D eigenvalue weighted by atomic mass is 79.9. The highest BCUT2D eigenvalue weighted by Crippen LogP contribution is 2.28. The zero-order chi connectivity index (χ0) is 15.5. The van der Waals surface area contributed by atoms with Crippen molar-refractivity contribution in [2.24, 2.45) is 0 Å². The maximum atomic E-state index is 12.2. The highest BCUT2D eigenvalue weighted by Gasteiger charge is 2.31. The summed E-state index contributed by atoms with van der Waals surface area (Å²) in [6, 6.07) is 2.62. The number of hydrogen-bond donors (Lipinski definition) is 1. The fourth-order valence-electron chi connectivity index (χ4n) is 1.54. The molecule has 0 saturated heterocycles. The molecule has 0 fully saturated rings. The van der Waals surface area contributed by atoms with Crippen molar-refractivity contribution < 1.29 is 22.9 Å². The van der Waals surface area contributed by atoms with Gasteiger partial charge in [-0.1, -0.05) is 6.07 Å². The molecule has 1 atom stereocenters. The van der Waals surface area contributed by atoms with Crippen molar-refractivity contribution in [2.45, 2.75) is 25.6 Å². The quantitative estimate of drug-likeness (QED) is 0.664. The molecule has 20 heavy (non-hydrogen) atoms. The van der Waals surface area contributed by atoms with Gasteiger partial charge in [0, 0.05) is 12.1 Å². The summed E-state index contributed by atoms with van der Waals surface area (Å²) >= 11 is 2.91. The number of hydrogen-bond acceptors (Lipinski definition) is 3. The fraction of sp³-hybridized carbons (Fsp3) is 0.364. The molecular formula is C11H10BrF3N2O3. The first kappa shape index (κ1) is 16.4. The third-order valence-corrected chi connectivity index (χ3v) is 3.17. The van der Waals surface area contributed by atoms with Crippen LogP contribution in [0.3, 0.4) is 0 Å². The summed E-state index contributed by atoms with van der Waals surface area (Å²) in [6.45, 7) is 1.21. The molecule has 110 valence electrons. The van der Waals surface area contributed by atoms with Crippen molar-refractivity contribution in [1.29, 1.82) is 0 Å². The van der Waals surface area contributed by atoms with Gasteiger partial charge in [0.15, 0.2) is 0 Å². The number of nitrogens with one attached hydrogen (secondary N) is 1. The van der Waals surface area contributed by atoms with Crippen LogP contribution >= 0.6 is 15.9 Å². The highest BCUT2D eigenvalue weighted by molar-refractivity contribution is 9.10. The van der Waals surface area contributed by atoms with Gasteiger partial charge in [0.05, 0.1) is 16.9 Å². The monoisotopic (exact) mass is 354 g/mol. The zero-order valence-corrected chi connectivity index (χ0v) is 11.8. The molecule has 0 aliphatic rings. The van der Waals surface area contributed by atoms with Crippen molar-refractivity contribution in [2.75, 3.05) is 0 Å². The lowest BCUT2D eigenvalue weighted by atomic mass is 10.1. The molecule has 1 N–H and O–H groups in total. The molecular weight excluding hydrogens is 345 g/mol. The minimum Gasteiger partial charge on any atom is -0.349 e. The van der Waals surface area contributed by atoms with Gasteiger partial charge in [-0.3, -0.25) is 14.9 Å². The Morgan fingerprint density at radius 2 is 2.10 bits per heavy atom. The summed E-state index contributed by atoms with van der Waals surface area (Å²) in [7, 11) is 0. The number of halogens is 4.